The molecular formula is C76H47N3. The zero-order chi connectivity index (χ0) is 51.2. The van der Waals surface area contributed by atoms with Crippen LogP contribution >= 0.6 is 0 Å². The smallest absolute Gasteiger partial charge is 0.0544 e. The zero-order valence-corrected chi connectivity index (χ0v) is 43.0. The molecule has 3 heteroatoms. The molecule has 15 aromatic rings. The molecule has 0 amide bonds. The van der Waals surface area contributed by atoms with E-state index in [2.05, 4.69) is 275 Å². The van der Waals surface area contributed by atoms with Crippen molar-refractivity contribution in [3.8, 4) is 28.2 Å². The van der Waals surface area contributed by atoms with Crippen LogP contribution < -0.4 is 0 Å². The van der Waals surface area contributed by atoms with Gasteiger partial charge in [-0.3, -0.25) is 0 Å². The van der Waals surface area contributed by atoms with Gasteiger partial charge >= 0.3 is 0 Å². The Kier molecular flexibility index (Phi) is 8.21. The molecule has 6 aliphatic rings. The quantitative estimate of drug-likeness (QED) is 0.167. The van der Waals surface area contributed by atoms with Crippen LogP contribution in [0.4, 0.5) is 0 Å². The molecule has 0 N–H and O–H groups in total. The molecule has 366 valence electrons. The van der Waals surface area contributed by atoms with Crippen molar-refractivity contribution in [2.45, 2.75) is 23.7 Å². The van der Waals surface area contributed by atoms with Crippen LogP contribution in [0.15, 0.2) is 261 Å². The molecule has 0 aliphatic heterocycles. The van der Waals surface area contributed by atoms with Gasteiger partial charge in [0.1, 0.15) is 0 Å². The summed E-state index contributed by atoms with van der Waals surface area (Å²) in [5, 5.41) is 7.95. The predicted molar refractivity (Wildman–Crippen MR) is 324 cm³/mol. The molecule has 3 nitrogen and oxygen atoms in total. The van der Waals surface area contributed by atoms with Crippen LogP contribution in [0, 0.1) is 0 Å². The van der Waals surface area contributed by atoms with E-state index >= 15 is 0 Å². The lowest BCUT2D eigenvalue weighted by Gasteiger charge is -2.43. The van der Waals surface area contributed by atoms with Gasteiger partial charge in [-0.15, -0.1) is 0 Å². The van der Waals surface area contributed by atoms with Crippen LogP contribution in [-0.2, 0) is 0 Å². The first kappa shape index (κ1) is 42.2. The second-order valence-corrected chi connectivity index (χ2v) is 22.5. The Morgan fingerprint density at radius 1 is 0.203 bits per heavy atom. The van der Waals surface area contributed by atoms with Gasteiger partial charge in [0.2, 0.25) is 0 Å². The number of para-hydroxylation sites is 4. The normalized spacial score (nSPS) is 17.1. The van der Waals surface area contributed by atoms with E-state index in [1.807, 2.05) is 0 Å². The van der Waals surface area contributed by atoms with Gasteiger partial charge in [-0.05, 0) is 145 Å². The predicted octanol–water partition coefficient (Wildman–Crippen LogP) is 18.6. The summed E-state index contributed by atoms with van der Waals surface area (Å²) < 4.78 is 7.64. The second-order valence-electron chi connectivity index (χ2n) is 22.5. The van der Waals surface area contributed by atoms with Crippen LogP contribution in [0.1, 0.15) is 90.4 Å². The van der Waals surface area contributed by atoms with E-state index < -0.39 is 0 Å². The molecule has 2 atom stereocenters. The van der Waals surface area contributed by atoms with Crippen molar-refractivity contribution in [3.05, 3.63) is 328 Å². The average molecular weight is 1000 g/mol. The van der Waals surface area contributed by atoms with Gasteiger partial charge in [0.05, 0.1) is 33.1 Å². The largest absolute Gasteiger partial charge is 0.309 e. The van der Waals surface area contributed by atoms with Crippen LogP contribution in [-0.4, -0.2) is 13.7 Å². The number of benzene rings is 12. The minimum atomic E-state index is 0.0248. The summed E-state index contributed by atoms with van der Waals surface area (Å²) in [5.41, 5.74) is 30.5. The standard InChI is InChI=1S/C76H47N3/c1-3-19-44(20-4-1)45-41-47(78-62-33-17-14-30-56(62)70-65(78)39-35-58-67-49-23-7-10-26-52(49)69(74(58)70)53-27-11-8-24-50(53)67)43-48(42-45)79-63-34-18-15-31-57(63)72-66(79)40-37-60-68-51-25-9-12-28-54(51)73(76(60)72)75-59(68)36-38-64-71(75)55-29-13-16-32-61(55)77(64)46-21-5-2-6-22-46/h1-43,67-69,73H. The van der Waals surface area contributed by atoms with Crippen LogP contribution in [0.2, 0.25) is 0 Å². The molecule has 3 heterocycles. The van der Waals surface area contributed by atoms with Gasteiger partial charge in [-0.2, -0.15) is 0 Å². The fourth-order valence-corrected chi connectivity index (χ4v) is 16.1. The van der Waals surface area contributed by atoms with Crippen LogP contribution in [0.5, 0.6) is 0 Å². The van der Waals surface area contributed by atoms with Crippen molar-refractivity contribution >= 4 is 65.4 Å². The highest BCUT2D eigenvalue weighted by Gasteiger charge is 2.45. The van der Waals surface area contributed by atoms with Crippen LogP contribution in [0.25, 0.3) is 93.6 Å². The van der Waals surface area contributed by atoms with Crippen molar-refractivity contribution in [3.63, 3.8) is 0 Å². The number of hydrogen-bond acceptors (Lipinski definition) is 0. The maximum Gasteiger partial charge on any atom is 0.0544 e. The maximum absolute atomic E-state index is 2.58. The van der Waals surface area contributed by atoms with E-state index in [1.165, 1.54) is 149 Å². The topological polar surface area (TPSA) is 14.8 Å². The third-order valence-electron chi connectivity index (χ3n) is 18.9. The molecule has 2 unspecified atom stereocenters. The van der Waals surface area contributed by atoms with Crippen molar-refractivity contribution < 1.29 is 0 Å². The van der Waals surface area contributed by atoms with Crippen LogP contribution in [0.3, 0.4) is 0 Å². The van der Waals surface area contributed by atoms with Gasteiger partial charge in [-0.1, -0.05) is 194 Å². The first-order valence-corrected chi connectivity index (χ1v) is 28.0. The van der Waals surface area contributed by atoms with Crippen molar-refractivity contribution in [1.82, 2.24) is 13.7 Å². The maximum atomic E-state index is 2.58. The lowest BCUT2D eigenvalue weighted by molar-refractivity contribution is 0.761. The molecule has 3 aromatic heterocycles. The molecule has 0 saturated heterocycles. The number of hydrogen-bond donors (Lipinski definition) is 0. The number of aromatic nitrogens is 3. The fourth-order valence-electron chi connectivity index (χ4n) is 16.1. The van der Waals surface area contributed by atoms with E-state index in [9.17, 15) is 0 Å². The Hall–Kier alpha value is -9.96. The molecule has 4 bridgehead atoms. The molecule has 21 rings (SSSR count). The van der Waals surface area contributed by atoms with Gasteiger partial charge < -0.3 is 13.7 Å². The fraction of sp³-hybridized carbons (Fsp3) is 0.0526. The summed E-state index contributed by atoms with van der Waals surface area (Å²) in [7, 11) is 0. The second kappa shape index (κ2) is 15.4. The molecule has 0 radical (unpaired) electrons. The van der Waals surface area contributed by atoms with E-state index in [4.69, 9.17) is 0 Å². The Balaban J connectivity index is 0.882. The highest BCUT2D eigenvalue weighted by Crippen LogP contribution is 2.62. The Labute approximate surface area is 456 Å². The summed E-state index contributed by atoms with van der Waals surface area (Å²) in [4.78, 5) is 0. The Morgan fingerprint density at radius 3 is 0.975 bits per heavy atom. The summed E-state index contributed by atoms with van der Waals surface area (Å²) in [6.45, 7) is 0. The molecule has 79 heavy (non-hydrogen) atoms. The van der Waals surface area contributed by atoms with E-state index in [-0.39, 0.29) is 23.7 Å². The number of fused-ring (bicyclic) bond motifs is 9. The van der Waals surface area contributed by atoms with Crippen molar-refractivity contribution in [1.29, 1.82) is 0 Å². The van der Waals surface area contributed by atoms with E-state index in [0.29, 0.717) is 0 Å². The SMILES string of the molecule is c1ccc(-c2cc(-n3c4ccccc4c4c5c(ccc43)C3c4ccccc4C5c4ccccc43)cc(-n3c4ccccc4c4c5c(ccc43)C3c4ccccc4C5c4c3ccc3c4c4ccccc4n3-c3ccccc3)c2)cc1. The lowest BCUT2D eigenvalue weighted by atomic mass is 9.59. The van der Waals surface area contributed by atoms with E-state index in [0.717, 1.165) is 11.4 Å². The Morgan fingerprint density at radius 2 is 0.532 bits per heavy atom. The summed E-state index contributed by atoms with van der Waals surface area (Å²) in [6.07, 6.45) is 0. The summed E-state index contributed by atoms with van der Waals surface area (Å²) >= 11 is 0. The minimum absolute atomic E-state index is 0.0248. The molecular weight excluding hydrogens is 955 g/mol. The molecule has 0 spiro atoms. The first-order valence-electron chi connectivity index (χ1n) is 28.0. The van der Waals surface area contributed by atoms with Gasteiger partial charge in [0.15, 0.2) is 0 Å². The summed E-state index contributed by atoms with van der Waals surface area (Å²) in [6, 6.07) is 99.1. The Bertz CT molecular complexity index is 5120. The summed E-state index contributed by atoms with van der Waals surface area (Å²) in [5.74, 6) is 0.479. The lowest BCUT2D eigenvalue weighted by Crippen LogP contribution is -2.28. The van der Waals surface area contributed by atoms with Gasteiger partial charge in [-0.25, -0.2) is 0 Å². The van der Waals surface area contributed by atoms with Crippen molar-refractivity contribution in [2.75, 3.05) is 0 Å². The third kappa shape index (κ3) is 5.37. The minimum Gasteiger partial charge on any atom is -0.309 e. The molecule has 6 aliphatic carbocycles. The zero-order valence-electron chi connectivity index (χ0n) is 43.0. The highest BCUT2D eigenvalue weighted by atomic mass is 15.0. The van der Waals surface area contributed by atoms with E-state index in [1.54, 1.807) is 0 Å². The number of nitrogens with zero attached hydrogens (tertiary/aromatic N) is 3. The third-order valence-corrected chi connectivity index (χ3v) is 18.9. The monoisotopic (exact) mass is 1000 g/mol. The number of rotatable bonds is 4. The first-order chi connectivity index (χ1) is 39.3. The molecule has 0 fully saturated rings. The van der Waals surface area contributed by atoms with Gasteiger partial charge in [0.25, 0.3) is 0 Å². The van der Waals surface area contributed by atoms with Crippen molar-refractivity contribution in [2.24, 2.45) is 0 Å². The average Bonchev–Trinajstić information content (AvgIpc) is 3.52. The highest BCUT2D eigenvalue weighted by molar-refractivity contribution is 6.16. The molecule has 12 aromatic carbocycles. The van der Waals surface area contributed by atoms with Gasteiger partial charge in [0, 0.05) is 73.1 Å². The molecule has 0 saturated carbocycles.